The number of nitro groups is 1. The van der Waals surface area contributed by atoms with E-state index in [0.717, 1.165) is 17.8 Å². The summed E-state index contributed by atoms with van der Waals surface area (Å²) in [5, 5.41) is 22.2. The van der Waals surface area contributed by atoms with Gasteiger partial charge in [-0.3, -0.25) is 14.9 Å². The fourth-order valence-electron chi connectivity index (χ4n) is 2.37. The van der Waals surface area contributed by atoms with Crippen LogP contribution in [0.2, 0.25) is 10.0 Å². The second kappa shape index (κ2) is 9.94. The molecule has 3 aromatic rings. The van der Waals surface area contributed by atoms with Crippen LogP contribution in [0.25, 0.3) is 0 Å². The predicted molar refractivity (Wildman–Crippen MR) is 114 cm³/mol. The molecule has 0 saturated carbocycles. The molecule has 0 aliphatic carbocycles. The number of amides is 1. The Balaban J connectivity index is 1.58. The van der Waals surface area contributed by atoms with Crippen LogP contribution in [0.5, 0.6) is 5.75 Å². The van der Waals surface area contributed by atoms with Crippen LogP contribution in [-0.2, 0) is 18.4 Å². The van der Waals surface area contributed by atoms with Crippen molar-refractivity contribution in [3.8, 4) is 5.75 Å². The maximum atomic E-state index is 13.1. The van der Waals surface area contributed by atoms with E-state index in [1.165, 1.54) is 30.3 Å². The first-order chi connectivity index (χ1) is 14.7. The largest absolute Gasteiger partial charge is 0.484 e. The third-order valence-corrected chi connectivity index (χ3v) is 5.59. The number of halogens is 3. The summed E-state index contributed by atoms with van der Waals surface area (Å²) in [7, 11) is 1.70. The fourth-order valence-corrected chi connectivity index (χ4v) is 3.49. The summed E-state index contributed by atoms with van der Waals surface area (Å²) >= 11 is 13.0. The van der Waals surface area contributed by atoms with Gasteiger partial charge in [0.15, 0.2) is 11.0 Å². The van der Waals surface area contributed by atoms with E-state index >= 15 is 0 Å². The first-order valence-electron chi connectivity index (χ1n) is 8.57. The molecule has 1 amide bonds. The molecule has 0 atom stereocenters. The summed E-state index contributed by atoms with van der Waals surface area (Å²) in [6.07, 6.45) is 0. The molecule has 0 radical (unpaired) electrons. The summed E-state index contributed by atoms with van der Waals surface area (Å²) in [5.41, 5.74) is -0.0451. The number of anilines is 1. The van der Waals surface area contributed by atoms with Crippen LogP contribution in [0.3, 0.4) is 0 Å². The molecule has 162 valence electrons. The normalized spacial score (nSPS) is 10.7. The summed E-state index contributed by atoms with van der Waals surface area (Å²) in [5.74, 6) is -0.167. The summed E-state index contributed by atoms with van der Waals surface area (Å²) in [6, 6.07) is 7.54. The molecule has 1 N–H and O–H groups in total. The smallest absolute Gasteiger partial charge is 0.271 e. The molecule has 13 heteroatoms. The number of hydrogen-bond donors (Lipinski definition) is 1. The van der Waals surface area contributed by atoms with Crippen LogP contribution < -0.4 is 10.1 Å². The molecule has 0 saturated heterocycles. The number of ether oxygens (including phenoxy) is 1. The van der Waals surface area contributed by atoms with Gasteiger partial charge in [-0.25, -0.2) is 4.39 Å². The van der Waals surface area contributed by atoms with E-state index in [0.29, 0.717) is 16.7 Å². The molecule has 3 rings (SSSR count). The first-order valence-corrected chi connectivity index (χ1v) is 10.3. The quantitative estimate of drug-likeness (QED) is 0.284. The molecular formula is C18H14Cl2FN5O4S. The van der Waals surface area contributed by atoms with Gasteiger partial charge in [0.05, 0.1) is 26.4 Å². The zero-order valence-corrected chi connectivity index (χ0v) is 18.2. The highest BCUT2D eigenvalue weighted by molar-refractivity contribution is 7.99. The van der Waals surface area contributed by atoms with Crippen molar-refractivity contribution in [2.24, 2.45) is 7.05 Å². The highest BCUT2D eigenvalue weighted by Gasteiger charge is 2.15. The topological polar surface area (TPSA) is 112 Å². The lowest BCUT2D eigenvalue weighted by Gasteiger charge is -2.08. The van der Waals surface area contributed by atoms with E-state index in [2.05, 4.69) is 15.5 Å². The van der Waals surface area contributed by atoms with E-state index in [4.69, 9.17) is 27.9 Å². The Morgan fingerprint density at radius 3 is 2.74 bits per heavy atom. The van der Waals surface area contributed by atoms with Crippen LogP contribution in [-0.4, -0.2) is 31.3 Å². The van der Waals surface area contributed by atoms with Crippen molar-refractivity contribution in [2.45, 2.75) is 11.8 Å². The fraction of sp³-hybridized carbons (Fsp3) is 0.167. The molecular weight excluding hydrogens is 472 g/mol. The first kappa shape index (κ1) is 22.8. The van der Waals surface area contributed by atoms with E-state index < -0.39 is 16.6 Å². The number of hydrogen-bond acceptors (Lipinski definition) is 7. The molecule has 2 aromatic carbocycles. The molecule has 31 heavy (non-hydrogen) atoms. The van der Waals surface area contributed by atoms with Crippen molar-refractivity contribution < 1.29 is 18.8 Å². The third-order valence-electron chi connectivity index (χ3n) is 3.94. The van der Waals surface area contributed by atoms with Gasteiger partial charge >= 0.3 is 0 Å². The Morgan fingerprint density at radius 1 is 1.26 bits per heavy atom. The molecule has 0 bridgehead atoms. The minimum Gasteiger partial charge on any atom is -0.484 e. The van der Waals surface area contributed by atoms with Gasteiger partial charge < -0.3 is 14.6 Å². The Kier molecular flexibility index (Phi) is 7.31. The maximum Gasteiger partial charge on any atom is 0.271 e. The molecule has 0 aliphatic heterocycles. The average Bonchev–Trinajstić information content (AvgIpc) is 3.07. The second-order valence-corrected chi connectivity index (χ2v) is 7.84. The lowest BCUT2D eigenvalue weighted by atomic mass is 10.3. The number of rotatable bonds is 8. The third kappa shape index (κ3) is 5.84. The van der Waals surface area contributed by atoms with Crippen molar-refractivity contribution in [1.82, 2.24) is 14.8 Å². The number of aromatic nitrogens is 3. The Labute approximate surface area is 189 Å². The van der Waals surface area contributed by atoms with Crippen LogP contribution in [0.1, 0.15) is 5.82 Å². The second-order valence-electron chi connectivity index (χ2n) is 6.08. The molecule has 0 unspecified atom stereocenters. The zero-order chi connectivity index (χ0) is 22.5. The minimum absolute atomic E-state index is 0.0321. The average molecular weight is 486 g/mol. The van der Waals surface area contributed by atoms with Crippen LogP contribution in [0, 0.1) is 15.9 Å². The van der Waals surface area contributed by atoms with E-state index in [1.807, 2.05) is 0 Å². The zero-order valence-electron chi connectivity index (χ0n) is 15.8. The lowest BCUT2D eigenvalue weighted by molar-refractivity contribution is -0.384. The highest BCUT2D eigenvalue weighted by Crippen LogP contribution is 2.28. The summed E-state index contributed by atoms with van der Waals surface area (Å²) in [6.45, 7) is 0.0326. The van der Waals surface area contributed by atoms with Crippen molar-refractivity contribution in [2.75, 3.05) is 11.1 Å². The van der Waals surface area contributed by atoms with Crippen LogP contribution >= 0.6 is 35.0 Å². The number of nitrogens with one attached hydrogen (secondary N) is 1. The van der Waals surface area contributed by atoms with Crippen molar-refractivity contribution in [3.63, 3.8) is 0 Å². The van der Waals surface area contributed by atoms with Gasteiger partial charge in [-0.1, -0.05) is 35.0 Å². The van der Waals surface area contributed by atoms with Gasteiger partial charge in [0.1, 0.15) is 18.2 Å². The number of non-ortho nitro benzene ring substituents is 1. The van der Waals surface area contributed by atoms with Gasteiger partial charge in [-0.05, 0) is 24.3 Å². The highest BCUT2D eigenvalue weighted by atomic mass is 35.5. The van der Waals surface area contributed by atoms with Crippen molar-refractivity contribution in [3.05, 3.63) is 68.2 Å². The Morgan fingerprint density at radius 2 is 2.03 bits per heavy atom. The number of carbonyl (C=O) groups is 1. The van der Waals surface area contributed by atoms with E-state index in [9.17, 15) is 19.3 Å². The molecule has 0 aliphatic rings. The number of nitro benzene ring substituents is 1. The number of thioether (sulfide) groups is 1. The molecule has 0 spiro atoms. The molecule has 1 aromatic heterocycles. The number of benzene rings is 2. The van der Waals surface area contributed by atoms with Gasteiger partial charge in [-0.15, -0.1) is 10.2 Å². The molecule has 9 nitrogen and oxygen atoms in total. The lowest BCUT2D eigenvalue weighted by Crippen LogP contribution is -2.15. The summed E-state index contributed by atoms with van der Waals surface area (Å²) < 4.78 is 20.3. The van der Waals surface area contributed by atoms with E-state index in [1.54, 1.807) is 11.6 Å². The minimum atomic E-state index is -0.580. The predicted octanol–water partition coefficient (Wildman–Crippen LogP) is 4.48. The van der Waals surface area contributed by atoms with Gasteiger partial charge in [0, 0.05) is 19.2 Å². The standard InChI is InChI=1S/C18H14Cl2FN5O4S/c1-25-16(8-30-15-5-2-10(21)6-13(15)20)23-24-18(25)31-9-17(27)22-14-7-11(26(28)29)3-4-12(14)19/h2-7H,8-9H2,1H3,(H,22,27). The van der Waals surface area contributed by atoms with Crippen molar-refractivity contribution in [1.29, 1.82) is 0 Å². The maximum absolute atomic E-state index is 13.1. The SMILES string of the molecule is Cn1c(COc2ccc(F)cc2Cl)nnc1SCC(=O)Nc1cc([N+](=O)[O-])ccc1Cl. The van der Waals surface area contributed by atoms with Crippen molar-refractivity contribution >= 4 is 52.2 Å². The number of nitrogens with zero attached hydrogens (tertiary/aromatic N) is 4. The van der Waals surface area contributed by atoms with Gasteiger partial charge in [0.25, 0.3) is 5.69 Å². The van der Waals surface area contributed by atoms with E-state index in [-0.39, 0.29) is 33.8 Å². The van der Waals surface area contributed by atoms with Gasteiger partial charge in [0.2, 0.25) is 5.91 Å². The summed E-state index contributed by atoms with van der Waals surface area (Å²) in [4.78, 5) is 22.5. The Bertz CT molecular complexity index is 1140. The van der Waals surface area contributed by atoms with Gasteiger partial charge in [-0.2, -0.15) is 0 Å². The molecule has 1 heterocycles. The Hall–Kier alpha value is -2.89. The molecule has 0 fully saturated rings. The number of carbonyl (C=O) groups excluding carboxylic acids is 1. The van der Waals surface area contributed by atoms with Crippen LogP contribution in [0.4, 0.5) is 15.8 Å². The van der Waals surface area contributed by atoms with Crippen LogP contribution in [0.15, 0.2) is 41.6 Å². The monoisotopic (exact) mass is 485 g/mol.